The van der Waals surface area contributed by atoms with E-state index in [0.29, 0.717) is 24.2 Å². The highest BCUT2D eigenvalue weighted by Crippen LogP contribution is 2.47. The average molecular weight is 268 g/mol. The zero-order valence-electron chi connectivity index (χ0n) is 13.1. The van der Waals surface area contributed by atoms with Gasteiger partial charge in [0.15, 0.2) is 0 Å². The summed E-state index contributed by atoms with van der Waals surface area (Å²) >= 11 is 5.56. The lowest BCUT2D eigenvalue weighted by atomic mass is 10.2. The molecule has 0 fully saturated rings. The summed E-state index contributed by atoms with van der Waals surface area (Å²) in [7, 11) is 0. The molecule has 0 N–H and O–H groups in total. The summed E-state index contributed by atoms with van der Waals surface area (Å²) in [4.78, 5) is 4.88. The number of rotatable bonds is 6. The minimum Gasteiger partial charge on any atom is -0.364 e. The Kier molecular flexibility index (Phi) is 4.82. The summed E-state index contributed by atoms with van der Waals surface area (Å²) in [5.74, 6) is 0. The molecule has 0 aromatic heterocycles. The molecule has 2 nitrogen and oxygen atoms in total. The third-order valence-corrected chi connectivity index (χ3v) is 3.72. The topological polar surface area (TPSA) is 6.48 Å². The molecule has 0 aliphatic carbocycles. The largest absolute Gasteiger partial charge is 0.364 e. The van der Waals surface area contributed by atoms with Gasteiger partial charge in [-0.15, -0.1) is 0 Å². The Morgan fingerprint density at radius 1 is 0.611 bits per heavy atom. The van der Waals surface area contributed by atoms with Crippen molar-refractivity contribution in [3.8, 4) is 0 Å². The maximum absolute atomic E-state index is 5.56. The van der Waals surface area contributed by atoms with Crippen LogP contribution in [-0.4, -0.2) is 24.2 Å². The van der Waals surface area contributed by atoms with Crippen LogP contribution in [-0.2, 0) is 0 Å². The lowest BCUT2D eigenvalue weighted by molar-refractivity contribution is 0.598. The summed E-state index contributed by atoms with van der Waals surface area (Å²) in [6, 6.07) is 1.99. The molecule has 0 spiro atoms. The summed E-state index contributed by atoms with van der Waals surface area (Å²) < 4.78 is 1.07. The molecule has 0 atom stereocenters. The van der Waals surface area contributed by atoms with Crippen molar-refractivity contribution in [2.75, 3.05) is 9.80 Å². The second-order valence-electron chi connectivity index (χ2n) is 6.22. The molecule has 0 aliphatic rings. The van der Waals surface area contributed by atoms with Gasteiger partial charge in [-0.1, -0.05) is 12.2 Å². The van der Waals surface area contributed by atoms with Gasteiger partial charge in [-0.2, -0.15) is 0 Å². The number of hydrogen-bond donors (Lipinski definition) is 0. The Morgan fingerprint density at radius 2 is 0.833 bits per heavy atom. The van der Waals surface area contributed by atoms with Gasteiger partial charge in [0.05, 0.1) is 15.9 Å². The fourth-order valence-electron chi connectivity index (χ4n) is 2.86. The normalized spacial score (nSPS) is 12.4. The fraction of sp³-hybridized carbons (Fsp3) is 0.800. The van der Waals surface area contributed by atoms with E-state index in [9.17, 15) is 0 Å². The molecular formula is C15H28N2S. The van der Waals surface area contributed by atoms with Crippen molar-refractivity contribution in [2.24, 2.45) is 0 Å². The molecule has 0 aliphatic heterocycles. The lowest BCUT2D eigenvalue weighted by Gasteiger charge is -2.33. The van der Waals surface area contributed by atoms with E-state index in [0.717, 1.165) is 4.51 Å². The SMILES string of the molecule is CC(C)N(c1c(N(C(C)C)C(C)C)c1=S)C(C)C. The molecule has 3 heteroatoms. The molecule has 0 saturated heterocycles. The van der Waals surface area contributed by atoms with Crippen LogP contribution >= 0.6 is 12.2 Å². The van der Waals surface area contributed by atoms with Gasteiger partial charge >= 0.3 is 0 Å². The quantitative estimate of drug-likeness (QED) is 0.699. The predicted octanol–water partition coefficient (Wildman–Crippen LogP) is 4.54. The molecule has 1 aromatic carbocycles. The Labute approximate surface area is 118 Å². The van der Waals surface area contributed by atoms with Gasteiger partial charge < -0.3 is 9.80 Å². The third-order valence-electron chi connectivity index (χ3n) is 3.33. The second kappa shape index (κ2) is 5.60. The van der Waals surface area contributed by atoms with Crippen molar-refractivity contribution in [1.82, 2.24) is 0 Å². The molecule has 0 radical (unpaired) electrons. The van der Waals surface area contributed by atoms with Crippen molar-refractivity contribution >= 4 is 23.6 Å². The Bertz CT molecular complexity index is 346. The third kappa shape index (κ3) is 2.87. The monoisotopic (exact) mass is 268 g/mol. The van der Waals surface area contributed by atoms with E-state index in [1.54, 1.807) is 0 Å². The zero-order valence-corrected chi connectivity index (χ0v) is 13.9. The molecule has 1 rings (SSSR count). The molecule has 18 heavy (non-hydrogen) atoms. The van der Waals surface area contributed by atoms with E-state index in [1.165, 1.54) is 11.4 Å². The maximum atomic E-state index is 5.56. The summed E-state index contributed by atoms with van der Waals surface area (Å²) in [5.41, 5.74) is 2.61. The molecule has 0 unspecified atom stereocenters. The first kappa shape index (κ1) is 15.5. The van der Waals surface area contributed by atoms with Gasteiger partial charge in [0, 0.05) is 24.2 Å². The van der Waals surface area contributed by atoms with E-state index < -0.39 is 0 Å². The molecule has 0 bridgehead atoms. The van der Waals surface area contributed by atoms with Crippen molar-refractivity contribution < 1.29 is 0 Å². The first-order chi connectivity index (χ1) is 8.20. The minimum atomic E-state index is 0.497. The van der Waals surface area contributed by atoms with E-state index >= 15 is 0 Å². The first-order valence-electron chi connectivity index (χ1n) is 7.05. The number of hydrogen-bond acceptors (Lipinski definition) is 3. The summed E-state index contributed by atoms with van der Waals surface area (Å²) in [5, 5.41) is 0. The van der Waals surface area contributed by atoms with Gasteiger partial charge in [0.1, 0.15) is 0 Å². The van der Waals surface area contributed by atoms with Crippen LogP contribution in [0.4, 0.5) is 11.4 Å². The predicted molar refractivity (Wildman–Crippen MR) is 85.2 cm³/mol. The Balaban J connectivity index is 3.06. The standard InChI is InChI=1S/C15H28N2S/c1-9(2)16(10(3)4)13-14(15(13)18)17(11(5)6)12(7)8/h9-12H,1-8H3. The van der Waals surface area contributed by atoms with Gasteiger partial charge in [-0.25, -0.2) is 0 Å². The molecule has 1 aromatic rings. The zero-order chi connectivity index (χ0) is 14.2. The molecule has 104 valence electrons. The summed E-state index contributed by atoms with van der Waals surface area (Å²) in [6.45, 7) is 17.9. The Hall–Kier alpha value is -0.570. The minimum absolute atomic E-state index is 0.497. The van der Waals surface area contributed by atoms with Crippen LogP contribution in [0.5, 0.6) is 0 Å². The van der Waals surface area contributed by atoms with E-state index in [4.69, 9.17) is 12.2 Å². The number of nitrogens with zero attached hydrogens (tertiary/aromatic N) is 2. The van der Waals surface area contributed by atoms with Gasteiger partial charge in [-0.3, -0.25) is 0 Å². The van der Waals surface area contributed by atoms with Gasteiger partial charge in [0.2, 0.25) is 0 Å². The highest BCUT2D eigenvalue weighted by molar-refractivity contribution is 7.72. The van der Waals surface area contributed by atoms with Crippen LogP contribution in [0, 0.1) is 4.51 Å². The van der Waals surface area contributed by atoms with Crippen LogP contribution in [0.25, 0.3) is 0 Å². The van der Waals surface area contributed by atoms with Crippen molar-refractivity contribution in [2.45, 2.75) is 79.6 Å². The number of anilines is 2. The first-order valence-corrected chi connectivity index (χ1v) is 7.46. The van der Waals surface area contributed by atoms with Crippen LogP contribution in [0.3, 0.4) is 0 Å². The molecule has 0 amide bonds. The molecule has 0 heterocycles. The highest BCUT2D eigenvalue weighted by atomic mass is 32.1. The van der Waals surface area contributed by atoms with Crippen LogP contribution in [0.15, 0.2) is 0 Å². The van der Waals surface area contributed by atoms with E-state index in [1.807, 2.05) is 0 Å². The van der Waals surface area contributed by atoms with Gasteiger partial charge in [-0.05, 0) is 55.4 Å². The van der Waals surface area contributed by atoms with E-state index in [-0.39, 0.29) is 0 Å². The lowest BCUT2D eigenvalue weighted by Crippen LogP contribution is -2.38. The fourth-order valence-corrected chi connectivity index (χ4v) is 3.21. The van der Waals surface area contributed by atoms with E-state index in [2.05, 4.69) is 65.2 Å². The summed E-state index contributed by atoms with van der Waals surface area (Å²) in [6.07, 6.45) is 0. The van der Waals surface area contributed by atoms with Crippen molar-refractivity contribution in [3.05, 3.63) is 4.51 Å². The smallest absolute Gasteiger partial charge is 0.0888 e. The van der Waals surface area contributed by atoms with Gasteiger partial charge in [0.25, 0.3) is 0 Å². The van der Waals surface area contributed by atoms with Crippen molar-refractivity contribution in [3.63, 3.8) is 0 Å². The molecular weight excluding hydrogens is 240 g/mol. The maximum Gasteiger partial charge on any atom is 0.0888 e. The van der Waals surface area contributed by atoms with Crippen LogP contribution in [0.2, 0.25) is 0 Å². The highest BCUT2D eigenvalue weighted by Gasteiger charge is 2.33. The average Bonchev–Trinajstić information content (AvgIpc) is 2.76. The molecule has 0 saturated carbocycles. The van der Waals surface area contributed by atoms with Crippen LogP contribution in [0.1, 0.15) is 55.4 Å². The van der Waals surface area contributed by atoms with Crippen LogP contribution < -0.4 is 9.80 Å². The Morgan fingerprint density at radius 3 is 1.00 bits per heavy atom. The van der Waals surface area contributed by atoms with Crippen molar-refractivity contribution in [1.29, 1.82) is 0 Å². The second-order valence-corrected chi connectivity index (χ2v) is 6.62.